The van der Waals surface area contributed by atoms with E-state index in [0.29, 0.717) is 5.39 Å². The Balaban J connectivity index is 2.89. The van der Waals surface area contributed by atoms with Gasteiger partial charge < -0.3 is 15.6 Å². The summed E-state index contributed by atoms with van der Waals surface area (Å²) in [6.07, 6.45) is 0. The SMILES string of the molecule is CC(=O)Oc1ccc2cccc(C(=O)O)c2c1C(N)=O. The van der Waals surface area contributed by atoms with Crippen molar-refractivity contribution in [3.05, 3.63) is 41.5 Å². The minimum Gasteiger partial charge on any atom is -0.478 e. The molecule has 6 heteroatoms. The van der Waals surface area contributed by atoms with Crippen LogP contribution in [0.4, 0.5) is 0 Å². The fourth-order valence-electron chi connectivity index (χ4n) is 2.02. The van der Waals surface area contributed by atoms with E-state index >= 15 is 0 Å². The van der Waals surface area contributed by atoms with Gasteiger partial charge in [-0.2, -0.15) is 0 Å². The lowest BCUT2D eigenvalue weighted by Gasteiger charge is -2.11. The van der Waals surface area contributed by atoms with Gasteiger partial charge >= 0.3 is 11.9 Å². The number of fused-ring (bicyclic) bond motifs is 1. The van der Waals surface area contributed by atoms with Crippen LogP contribution in [0.5, 0.6) is 5.75 Å². The molecule has 0 aliphatic rings. The van der Waals surface area contributed by atoms with Crippen LogP contribution >= 0.6 is 0 Å². The standard InChI is InChI=1S/C14H11NO5/c1-7(16)20-10-6-5-8-3-2-4-9(14(18)19)11(8)12(10)13(15)17/h2-6H,1H3,(H2,15,17)(H,18,19). The van der Waals surface area contributed by atoms with E-state index in [9.17, 15) is 19.5 Å². The smallest absolute Gasteiger partial charge is 0.336 e. The van der Waals surface area contributed by atoms with Gasteiger partial charge in [-0.15, -0.1) is 0 Å². The predicted molar refractivity (Wildman–Crippen MR) is 70.7 cm³/mol. The number of amides is 1. The first-order valence-corrected chi connectivity index (χ1v) is 5.69. The quantitative estimate of drug-likeness (QED) is 0.652. The van der Waals surface area contributed by atoms with E-state index in [1.165, 1.54) is 19.1 Å². The number of nitrogens with two attached hydrogens (primary N) is 1. The summed E-state index contributed by atoms with van der Waals surface area (Å²) < 4.78 is 4.92. The predicted octanol–water partition coefficient (Wildman–Crippen LogP) is 1.56. The Bertz CT molecular complexity index is 736. The van der Waals surface area contributed by atoms with Crippen molar-refractivity contribution >= 4 is 28.6 Å². The Labute approximate surface area is 113 Å². The van der Waals surface area contributed by atoms with Gasteiger partial charge in [0, 0.05) is 12.3 Å². The van der Waals surface area contributed by atoms with E-state index in [1.807, 2.05) is 0 Å². The van der Waals surface area contributed by atoms with Crippen LogP contribution in [0.1, 0.15) is 27.6 Å². The van der Waals surface area contributed by atoms with Gasteiger partial charge in [-0.25, -0.2) is 4.79 Å². The van der Waals surface area contributed by atoms with Crippen LogP contribution in [0.2, 0.25) is 0 Å². The first-order chi connectivity index (χ1) is 9.41. The average molecular weight is 273 g/mol. The summed E-state index contributed by atoms with van der Waals surface area (Å²) in [5.74, 6) is -2.73. The zero-order valence-electron chi connectivity index (χ0n) is 10.5. The molecule has 2 aromatic rings. The fraction of sp³-hybridized carbons (Fsp3) is 0.0714. The normalized spacial score (nSPS) is 10.2. The van der Waals surface area contributed by atoms with Crippen molar-refractivity contribution in [2.75, 3.05) is 0 Å². The van der Waals surface area contributed by atoms with Gasteiger partial charge in [-0.3, -0.25) is 9.59 Å². The van der Waals surface area contributed by atoms with Gasteiger partial charge in [0.2, 0.25) is 0 Å². The minimum absolute atomic E-state index is 0.0498. The second-order valence-electron chi connectivity index (χ2n) is 4.11. The summed E-state index contributed by atoms with van der Waals surface area (Å²) in [5.41, 5.74) is 5.11. The highest BCUT2D eigenvalue weighted by Gasteiger charge is 2.20. The molecule has 0 unspecified atom stereocenters. The van der Waals surface area contributed by atoms with E-state index in [0.717, 1.165) is 0 Å². The second-order valence-corrected chi connectivity index (χ2v) is 4.11. The molecule has 0 aliphatic carbocycles. The van der Waals surface area contributed by atoms with E-state index < -0.39 is 17.8 Å². The van der Waals surface area contributed by atoms with Gasteiger partial charge in [-0.05, 0) is 17.5 Å². The molecular formula is C14H11NO5. The van der Waals surface area contributed by atoms with Gasteiger partial charge in [0.1, 0.15) is 5.75 Å². The number of carboxylic acids is 1. The lowest BCUT2D eigenvalue weighted by atomic mass is 9.98. The molecule has 0 spiro atoms. The maximum atomic E-state index is 11.6. The highest BCUT2D eigenvalue weighted by atomic mass is 16.5. The van der Waals surface area contributed by atoms with Crippen molar-refractivity contribution in [1.82, 2.24) is 0 Å². The number of carboxylic acid groups (broad SMARTS) is 1. The number of benzene rings is 2. The molecule has 20 heavy (non-hydrogen) atoms. The number of primary amides is 1. The largest absolute Gasteiger partial charge is 0.478 e. The van der Waals surface area contributed by atoms with Crippen LogP contribution in [0.25, 0.3) is 10.8 Å². The van der Waals surface area contributed by atoms with Crippen molar-refractivity contribution in [2.24, 2.45) is 5.73 Å². The van der Waals surface area contributed by atoms with Crippen LogP contribution in [0, 0.1) is 0 Å². The molecule has 0 atom stereocenters. The van der Waals surface area contributed by atoms with Gasteiger partial charge in [-0.1, -0.05) is 18.2 Å². The molecule has 0 aromatic heterocycles. The summed E-state index contributed by atoms with van der Waals surface area (Å²) in [6, 6.07) is 7.53. The maximum absolute atomic E-state index is 11.6. The van der Waals surface area contributed by atoms with Gasteiger partial charge in [0.15, 0.2) is 0 Å². The molecule has 1 amide bonds. The van der Waals surface area contributed by atoms with Crippen molar-refractivity contribution in [2.45, 2.75) is 6.92 Å². The zero-order chi connectivity index (χ0) is 14.9. The van der Waals surface area contributed by atoms with Crippen molar-refractivity contribution in [3.63, 3.8) is 0 Å². The average Bonchev–Trinajstić information content (AvgIpc) is 2.36. The van der Waals surface area contributed by atoms with Crippen molar-refractivity contribution in [1.29, 1.82) is 0 Å². The molecule has 0 saturated heterocycles. The Morgan fingerprint density at radius 2 is 1.85 bits per heavy atom. The van der Waals surface area contributed by atoms with E-state index in [2.05, 4.69) is 0 Å². The van der Waals surface area contributed by atoms with Crippen LogP contribution in [0.3, 0.4) is 0 Å². The molecule has 102 valence electrons. The Morgan fingerprint density at radius 1 is 1.15 bits per heavy atom. The summed E-state index contributed by atoms with van der Waals surface area (Å²) in [4.78, 5) is 33.9. The molecule has 0 aliphatic heterocycles. The van der Waals surface area contributed by atoms with Crippen LogP contribution < -0.4 is 10.5 Å². The highest BCUT2D eigenvalue weighted by molar-refractivity contribution is 6.15. The molecule has 6 nitrogen and oxygen atoms in total. The monoisotopic (exact) mass is 273 g/mol. The van der Waals surface area contributed by atoms with E-state index in [4.69, 9.17) is 10.5 Å². The summed E-state index contributed by atoms with van der Waals surface area (Å²) in [7, 11) is 0. The number of carbonyl (C=O) groups is 3. The van der Waals surface area contributed by atoms with Gasteiger partial charge in [0.25, 0.3) is 5.91 Å². The van der Waals surface area contributed by atoms with Crippen LogP contribution in [-0.4, -0.2) is 23.0 Å². The number of hydrogen-bond donors (Lipinski definition) is 2. The van der Waals surface area contributed by atoms with Crippen LogP contribution in [-0.2, 0) is 4.79 Å². The molecule has 0 radical (unpaired) electrons. The topological polar surface area (TPSA) is 107 Å². The number of hydrogen-bond acceptors (Lipinski definition) is 4. The minimum atomic E-state index is -1.20. The molecule has 0 fully saturated rings. The molecule has 2 rings (SSSR count). The third kappa shape index (κ3) is 2.31. The highest BCUT2D eigenvalue weighted by Crippen LogP contribution is 2.30. The lowest BCUT2D eigenvalue weighted by Crippen LogP contribution is -2.16. The number of carbonyl (C=O) groups excluding carboxylic acids is 2. The molecule has 2 aromatic carbocycles. The summed E-state index contributed by atoms with van der Waals surface area (Å²) in [5, 5.41) is 9.88. The number of aromatic carboxylic acids is 1. The van der Waals surface area contributed by atoms with Gasteiger partial charge in [0.05, 0.1) is 11.1 Å². The number of ether oxygens (including phenoxy) is 1. The Hall–Kier alpha value is -2.89. The number of esters is 1. The first kappa shape index (κ1) is 13.5. The summed E-state index contributed by atoms with van der Waals surface area (Å²) in [6.45, 7) is 1.18. The maximum Gasteiger partial charge on any atom is 0.336 e. The Morgan fingerprint density at radius 3 is 2.40 bits per heavy atom. The summed E-state index contributed by atoms with van der Waals surface area (Å²) >= 11 is 0. The Kier molecular flexibility index (Phi) is 3.39. The van der Waals surface area contributed by atoms with Crippen molar-refractivity contribution < 1.29 is 24.2 Å². The number of rotatable bonds is 3. The molecule has 3 N–H and O–H groups in total. The van der Waals surface area contributed by atoms with Crippen molar-refractivity contribution in [3.8, 4) is 5.75 Å². The molecule has 0 heterocycles. The molecule has 0 saturated carbocycles. The van der Waals surface area contributed by atoms with E-state index in [-0.39, 0.29) is 22.3 Å². The first-order valence-electron chi connectivity index (χ1n) is 5.69. The third-order valence-electron chi connectivity index (χ3n) is 2.74. The zero-order valence-corrected chi connectivity index (χ0v) is 10.5. The van der Waals surface area contributed by atoms with Crippen LogP contribution in [0.15, 0.2) is 30.3 Å². The molecule has 0 bridgehead atoms. The third-order valence-corrected chi connectivity index (χ3v) is 2.74. The molecular weight excluding hydrogens is 262 g/mol. The second kappa shape index (κ2) is 5.00. The fourth-order valence-corrected chi connectivity index (χ4v) is 2.02. The lowest BCUT2D eigenvalue weighted by molar-refractivity contribution is -0.131. The van der Waals surface area contributed by atoms with E-state index in [1.54, 1.807) is 18.2 Å².